The lowest BCUT2D eigenvalue weighted by Gasteiger charge is -2.04. The SMILES string of the molecule is Cn1c(SCC(=O)N/N=C/c2ccc(F)cc2)nnc1-c1cccc(Br)c1. The van der Waals surface area contributed by atoms with Crippen molar-refractivity contribution < 1.29 is 9.18 Å². The minimum atomic E-state index is -0.321. The summed E-state index contributed by atoms with van der Waals surface area (Å²) in [6.07, 6.45) is 1.45. The lowest BCUT2D eigenvalue weighted by Crippen LogP contribution is -2.19. The van der Waals surface area contributed by atoms with E-state index in [1.807, 2.05) is 35.9 Å². The number of hydrazone groups is 1. The van der Waals surface area contributed by atoms with Crippen molar-refractivity contribution in [2.75, 3.05) is 5.75 Å². The molecule has 0 atom stereocenters. The van der Waals surface area contributed by atoms with Crippen LogP contribution in [0.4, 0.5) is 4.39 Å². The minimum absolute atomic E-state index is 0.144. The number of hydrogen-bond acceptors (Lipinski definition) is 5. The van der Waals surface area contributed by atoms with Crippen LogP contribution in [-0.2, 0) is 11.8 Å². The fourth-order valence-electron chi connectivity index (χ4n) is 2.21. The lowest BCUT2D eigenvalue weighted by molar-refractivity contribution is -0.118. The molecule has 0 bridgehead atoms. The van der Waals surface area contributed by atoms with E-state index in [0.29, 0.717) is 16.5 Å². The van der Waals surface area contributed by atoms with Gasteiger partial charge in [-0.05, 0) is 29.8 Å². The Morgan fingerprint density at radius 2 is 2.07 bits per heavy atom. The summed E-state index contributed by atoms with van der Waals surface area (Å²) in [6.45, 7) is 0. The molecule has 2 aromatic carbocycles. The Kier molecular flexibility index (Phi) is 6.36. The first-order valence-electron chi connectivity index (χ1n) is 7.88. The standard InChI is InChI=1S/C18H15BrFN5OS/c1-25-17(13-3-2-4-14(19)9-13)23-24-18(25)27-11-16(26)22-21-10-12-5-7-15(20)8-6-12/h2-10H,11H2,1H3,(H,22,26)/b21-10+. The molecule has 0 saturated heterocycles. The van der Waals surface area contributed by atoms with E-state index in [2.05, 4.69) is 36.7 Å². The molecule has 9 heteroatoms. The molecule has 0 aliphatic heterocycles. The Balaban J connectivity index is 1.55. The van der Waals surface area contributed by atoms with Crippen LogP contribution in [0.25, 0.3) is 11.4 Å². The van der Waals surface area contributed by atoms with Gasteiger partial charge in [0, 0.05) is 17.1 Å². The van der Waals surface area contributed by atoms with Crippen LogP contribution >= 0.6 is 27.7 Å². The number of nitrogens with one attached hydrogen (secondary N) is 1. The summed E-state index contributed by atoms with van der Waals surface area (Å²) in [5.41, 5.74) is 4.05. The molecule has 27 heavy (non-hydrogen) atoms. The number of halogens is 2. The van der Waals surface area contributed by atoms with Gasteiger partial charge in [-0.25, -0.2) is 9.82 Å². The van der Waals surface area contributed by atoms with Crippen molar-refractivity contribution in [1.82, 2.24) is 20.2 Å². The van der Waals surface area contributed by atoms with Crippen LogP contribution in [0, 0.1) is 5.82 Å². The molecular formula is C18H15BrFN5OS. The maximum absolute atomic E-state index is 12.8. The van der Waals surface area contributed by atoms with Crippen molar-refractivity contribution in [3.8, 4) is 11.4 Å². The molecule has 1 heterocycles. The zero-order valence-corrected chi connectivity index (χ0v) is 16.7. The van der Waals surface area contributed by atoms with Crippen LogP contribution in [0.1, 0.15) is 5.56 Å². The van der Waals surface area contributed by atoms with Gasteiger partial charge in [0.25, 0.3) is 5.91 Å². The number of rotatable bonds is 6. The Hall–Kier alpha value is -2.52. The lowest BCUT2D eigenvalue weighted by atomic mass is 10.2. The largest absolute Gasteiger partial charge is 0.305 e. The summed E-state index contributed by atoms with van der Waals surface area (Å²) >= 11 is 4.70. The summed E-state index contributed by atoms with van der Waals surface area (Å²) in [6, 6.07) is 13.6. The molecule has 0 saturated carbocycles. The Labute approximate surface area is 168 Å². The number of carbonyl (C=O) groups excluding carboxylic acids is 1. The van der Waals surface area contributed by atoms with Gasteiger partial charge in [-0.15, -0.1) is 10.2 Å². The fraction of sp³-hybridized carbons (Fsp3) is 0.111. The Bertz CT molecular complexity index is 974. The first-order valence-corrected chi connectivity index (χ1v) is 9.66. The molecule has 0 spiro atoms. The summed E-state index contributed by atoms with van der Waals surface area (Å²) in [4.78, 5) is 11.9. The number of nitrogens with zero attached hydrogens (tertiary/aromatic N) is 4. The second kappa shape index (κ2) is 8.92. The molecule has 0 aliphatic carbocycles. The Morgan fingerprint density at radius 3 is 2.81 bits per heavy atom. The molecule has 0 radical (unpaired) electrons. The highest BCUT2D eigenvalue weighted by Gasteiger charge is 2.13. The molecule has 138 valence electrons. The average Bonchev–Trinajstić information content (AvgIpc) is 3.02. The van der Waals surface area contributed by atoms with Crippen molar-refractivity contribution in [2.45, 2.75) is 5.16 Å². The van der Waals surface area contributed by atoms with Crippen LogP contribution in [0.3, 0.4) is 0 Å². The quantitative estimate of drug-likeness (QED) is 0.355. The van der Waals surface area contributed by atoms with Crippen molar-refractivity contribution >= 4 is 39.8 Å². The third-order valence-electron chi connectivity index (χ3n) is 3.52. The molecular weight excluding hydrogens is 433 g/mol. The molecule has 1 amide bonds. The van der Waals surface area contributed by atoms with Crippen molar-refractivity contribution in [1.29, 1.82) is 0 Å². The second-order valence-corrected chi connectivity index (χ2v) is 7.37. The second-order valence-electron chi connectivity index (χ2n) is 5.51. The zero-order valence-electron chi connectivity index (χ0n) is 14.3. The van der Waals surface area contributed by atoms with E-state index >= 15 is 0 Å². The van der Waals surface area contributed by atoms with Crippen molar-refractivity contribution in [3.05, 3.63) is 64.4 Å². The van der Waals surface area contributed by atoms with Crippen LogP contribution in [0.5, 0.6) is 0 Å². The summed E-state index contributed by atoms with van der Waals surface area (Å²) in [5, 5.41) is 12.8. The molecule has 0 fully saturated rings. The highest BCUT2D eigenvalue weighted by atomic mass is 79.9. The zero-order chi connectivity index (χ0) is 19.2. The third kappa shape index (κ3) is 5.24. The van der Waals surface area contributed by atoms with E-state index in [0.717, 1.165) is 10.0 Å². The van der Waals surface area contributed by atoms with E-state index in [1.165, 1.54) is 30.1 Å². The number of carbonyl (C=O) groups is 1. The monoisotopic (exact) mass is 447 g/mol. The summed E-state index contributed by atoms with van der Waals surface area (Å²) in [5.74, 6) is 0.267. The van der Waals surface area contributed by atoms with Gasteiger partial charge in [0.2, 0.25) is 0 Å². The normalized spacial score (nSPS) is 11.1. The summed E-state index contributed by atoms with van der Waals surface area (Å²) < 4.78 is 15.6. The van der Waals surface area contributed by atoms with Gasteiger partial charge in [-0.1, -0.05) is 52.0 Å². The smallest absolute Gasteiger partial charge is 0.250 e. The van der Waals surface area contributed by atoms with Gasteiger partial charge >= 0.3 is 0 Å². The van der Waals surface area contributed by atoms with E-state index < -0.39 is 0 Å². The van der Waals surface area contributed by atoms with Crippen molar-refractivity contribution in [2.24, 2.45) is 12.1 Å². The molecule has 0 unspecified atom stereocenters. The number of benzene rings is 2. The molecule has 1 aromatic heterocycles. The van der Waals surface area contributed by atoms with Gasteiger partial charge in [0.15, 0.2) is 11.0 Å². The van der Waals surface area contributed by atoms with Crippen LogP contribution in [0.15, 0.2) is 63.3 Å². The van der Waals surface area contributed by atoms with Gasteiger partial charge in [-0.3, -0.25) is 4.79 Å². The fourth-order valence-corrected chi connectivity index (χ4v) is 3.31. The highest BCUT2D eigenvalue weighted by molar-refractivity contribution is 9.10. The van der Waals surface area contributed by atoms with Gasteiger partial charge in [0.05, 0.1) is 12.0 Å². The Morgan fingerprint density at radius 1 is 1.30 bits per heavy atom. The molecule has 6 nitrogen and oxygen atoms in total. The number of thioether (sulfide) groups is 1. The highest BCUT2D eigenvalue weighted by Crippen LogP contribution is 2.24. The third-order valence-corrected chi connectivity index (χ3v) is 5.04. The van der Waals surface area contributed by atoms with Gasteiger partial charge in [-0.2, -0.15) is 5.10 Å². The van der Waals surface area contributed by atoms with E-state index in [9.17, 15) is 9.18 Å². The van der Waals surface area contributed by atoms with Crippen molar-refractivity contribution in [3.63, 3.8) is 0 Å². The summed E-state index contributed by atoms with van der Waals surface area (Å²) in [7, 11) is 1.85. The van der Waals surface area contributed by atoms with Crippen LogP contribution < -0.4 is 5.43 Å². The molecule has 1 N–H and O–H groups in total. The van der Waals surface area contributed by atoms with E-state index in [1.54, 1.807) is 12.1 Å². The van der Waals surface area contributed by atoms with Gasteiger partial charge < -0.3 is 4.57 Å². The van der Waals surface area contributed by atoms with Crippen LogP contribution in [0.2, 0.25) is 0 Å². The first kappa shape index (κ1) is 19.2. The molecule has 0 aliphatic rings. The number of amides is 1. The molecule has 3 aromatic rings. The maximum Gasteiger partial charge on any atom is 0.250 e. The first-order chi connectivity index (χ1) is 13.0. The van der Waals surface area contributed by atoms with E-state index in [-0.39, 0.29) is 17.5 Å². The number of aromatic nitrogens is 3. The number of hydrogen-bond donors (Lipinski definition) is 1. The topological polar surface area (TPSA) is 72.2 Å². The predicted molar refractivity (Wildman–Crippen MR) is 107 cm³/mol. The average molecular weight is 448 g/mol. The van der Waals surface area contributed by atoms with Crippen LogP contribution in [-0.4, -0.2) is 32.6 Å². The molecule has 3 rings (SSSR count). The minimum Gasteiger partial charge on any atom is -0.305 e. The van der Waals surface area contributed by atoms with E-state index in [4.69, 9.17) is 0 Å². The van der Waals surface area contributed by atoms with Gasteiger partial charge in [0.1, 0.15) is 5.82 Å². The maximum atomic E-state index is 12.8. The predicted octanol–water partition coefficient (Wildman–Crippen LogP) is 3.63.